The molecule has 3 rings (SSSR count). The van der Waals surface area contributed by atoms with Gasteiger partial charge in [0, 0.05) is 5.56 Å². The molecule has 0 aliphatic carbocycles. The van der Waals surface area contributed by atoms with Gasteiger partial charge >= 0.3 is 0 Å². The Hall–Kier alpha value is -1.62. The van der Waals surface area contributed by atoms with E-state index >= 15 is 0 Å². The SMILES string of the molecule is NC1C(=O)N(Cc2ccc(Cl)c(Cl)c2)c2cc(F)ccc21. The third kappa shape index (κ3) is 2.50. The Bertz CT molecular complexity index is 736. The molecular formula is C15H11Cl2FN2O. The largest absolute Gasteiger partial charge is 0.316 e. The van der Waals surface area contributed by atoms with Gasteiger partial charge in [0.15, 0.2) is 0 Å². The first-order chi connectivity index (χ1) is 9.97. The van der Waals surface area contributed by atoms with E-state index in [4.69, 9.17) is 28.9 Å². The lowest BCUT2D eigenvalue weighted by molar-refractivity contribution is -0.119. The molecule has 1 unspecified atom stereocenters. The van der Waals surface area contributed by atoms with Crippen LogP contribution in [-0.2, 0) is 11.3 Å². The Morgan fingerprint density at radius 3 is 2.62 bits per heavy atom. The van der Waals surface area contributed by atoms with Gasteiger partial charge in [0.1, 0.15) is 11.9 Å². The summed E-state index contributed by atoms with van der Waals surface area (Å²) in [6, 6.07) is 8.51. The molecule has 1 atom stereocenters. The Kier molecular flexibility index (Phi) is 3.61. The maximum Gasteiger partial charge on any atom is 0.248 e. The second-order valence-electron chi connectivity index (χ2n) is 4.85. The molecule has 1 heterocycles. The lowest BCUT2D eigenvalue weighted by atomic mass is 10.1. The predicted octanol–water partition coefficient (Wildman–Crippen LogP) is 3.68. The summed E-state index contributed by atoms with van der Waals surface area (Å²) in [5.74, 6) is -0.670. The van der Waals surface area contributed by atoms with E-state index in [1.165, 1.54) is 17.0 Å². The normalized spacial score (nSPS) is 17.2. The van der Waals surface area contributed by atoms with Crippen molar-refractivity contribution >= 4 is 34.8 Å². The highest BCUT2D eigenvalue weighted by Gasteiger charge is 2.34. The van der Waals surface area contributed by atoms with Gasteiger partial charge in [-0.1, -0.05) is 35.3 Å². The Morgan fingerprint density at radius 1 is 1.14 bits per heavy atom. The zero-order chi connectivity index (χ0) is 15.1. The van der Waals surface area contributed by atoms with Crippen molar-refractivity contribution < 1.29 is 9.18 Å². The molecule has 1 amide bonds. The summed E-state index contributed by atoms with van der Waals surface area (Å²) in [7, 11) is 0. The van der Waals surface area contributed by atoms with E-state index < -0.39 is 11.9 Å². The second kappa shape index (κ2) is 5.30. The van der Waals surface area contributed by atoms with E-state index in [0.717, 1.165) is 5.56 Å². The van der Waals surface area contributed by atoms with E-state index in [9.17, 15) is 9.18 Å². The average molecular weight is 325 g/mol. The lowest BCUT2D eigenvalue weighted by Crippen LogP contribution is -2.31. The molecule has 2 N–H and O–H groups in total. The summed E-state index contributed by atoms with van der Waals surface area (Å²) < 4.78 is 13.4. The highest BCUT2D eigenvalue weighted by molar-refractivity contribution is 6.42. The minimum Gasteiger partial charge on any atom is -0.316 e. The van der Waals surface area contributed by atoms with Crippen LogP contribution in [0.3, 0.4) is 0 Å². The van der Waals surface area contributed by atoms with Crippen molar-refractivity contribution in [2.45, 2.75) is 12.6 Å². The fourth-order valence-electron chi connectivity index (χ4n) is 2.42. The molecule has 2 aromatic rings. The van der Waals surface area contributed by atoms with Crippen molar-refractivity contribution in [3.8, 4) is 0 Å². The number of fused-ring (bicyclic) bond motifs is 1. The topological polar surface area (TPSA) is 46.3 Å². The fraction of sp³-hybridized carbons (Fsp3) is 0.133. The molecule has 0 aromatic heterocycles. The van der Waals surface area contributed by atoms with Crippen LogP contribution in [-0.4, -0.2) is 5.91 Å². The standard InChI is InChI=1S/C15H11Cl2FN2O/c16-11-4-1-8(5-12(11)17)7-20-13-6-9(18)2-3-10(13)14(19)15(20)21/h1-6,14H,7,19H2. The van der Waals surface area contributed by atoms with Gasteiger partial charge in [0.05, 0.1) is 22.3 Å². The second-order valence-corrected chi connectivity index (χ2v) is 5.67. The maximum absolute atomic E-state index is 13.4. The zero-order valence-corrected chi connectivity index (χ0v) is 12.3. The van der Waals surface area contributed by atoms with Crippen LogP contribution in [0.4, 0.5) is 10.1 Å². The molecule has 0 radical (unpaired) electrons. The summed E-state index contributed by atoms with van der Waals surface area (Å²) in [5, 5.41) is 0.848. The molecule has 1 aliphatic rings. The molecule has 0 fully saturated rings. The highest BCUT2D eigenvalue weighted by Crippen LogP contribution is 2.36. The van der Waals surface area contributed by atoms with Crippen LogP contribution in [0.2, 0.25) is 10.0 Å². The number of nitrogens with two attached hydrogens (primary N) is 1. The lowest BCUT2D eigenvalue weighted by Gasteiger charge is -2.18. The van der Waals surface area contributed by atoms with Crippen LogP contribution in [0.15, 0.2) is 36.4 Å². The molecule has 0 bridgehead atoms. The molecule has 108 valence electrons. The number of nitrogens with zero attached hydrogens (tertiary/aromatic N) is 1. The Labute approximate surface area is 131 Å². The van der Waals surface area contributed by atoms with Crippen molar-refractivity contribution in [1.29, 1.82) is 0 Å². The quantitative estimate of drug-likeness (QED) is 0.915. The first-order valence-electron chi connectivity index (χ1n) is 6.27. The van der Waals surface area contributed by atoms with Crippen molar-refractivity contribution in [2.75, 3.05) is 4.90 Å². The molecular weight excluding hydrogens is 314 g/mol. The van der Waals surface area contributed by atoms with Crippen LogP contribution in [0.25, 0.3) is 0 Å². The van der Waals surface area contributed by atoms with E-state index in [-0.39, 0.29) is 12.5 Å². The van der Waals surface area contributed by atoms with E-state index in [0.29, 0.717) is 21.3 Å². The molecule has 0 saturated carbocycles. The molecule has 0 saturated heterocycles. The smallest absolute Gasteiger partial charge is 0.248 e. The number of benzene rings is 2. The average Bonchev–Trinajstić information content (AvgIpc) is 2.68. The summed E-state index contributed by atoms with van der Waals surface area (Å²) in [5.41, 5.74) is 7.80. The van der Waals surface area contributed by atoms with Gasteiger partial charge < -0.3 is 10.6 Å². The predicted molar refractivity (Wildman–Crippen MR) is 81.0 cm³/mol. The summed E-state index contributed by atoms with van der Waals surface area (Å²) in [4.78, 5) is 13.7. The number of anilines is 1. The summed E-state index contributed by atoms with van der Waals surface area (Å²) in [6.45, 7) is 0.264. The summed E-state index contributed by atoms with van der Waals surface area (Å²) in [6.07, 6.45) is 0. The number of carbonyl (C=O) groups excluding carboxylic acids is 1. The highest BCUT2D eigenvalue weighted by atomic mass is 35.5. The third-order valence-corrected chi connectivity index (χ3v) is 4.21. The number of hydrogen-bond acceptors (Lipinski definition) is 2. The number of amides is 1. The monoisotopic (exact) mass is 324 g/mol. The van der Waals surface area contributed by atoms with Gasteiger partial charge in [-0.15, -0.1) is 0 Å². The fourth-order valence-corrected chi connectivity index (χ4v) is 2.74. The molecule has 1 aliphatic heterocycles. The summed E-state index contributed by atoms with van der Waals surface area (Å²) >= 11 is 11.8. The van der Waals surface area contributed by atoms with Gasteiger partial charge in [0.2, 0.25) is 5.91 Å². The minimum absolute atomic E-state index is 0.262. The molecule has 3 nitrogen and oxygen atoms in total. The molecule has 21 heavy (non-hydrogen) atoms. The van der Waals surface area contributed by atoms with E-state index in [1.807, 2.05) is 0 Å². The first kappa shape index (κ1) is 14.3. The number of halogens is 3. The first-order valence-corrected chi connectivity index (χ1v) is 7.03. The zero-order valence-electron chi connectivity index (χ0n) is 10.8. The van der Waals surface area contributed by atoms with Gasteiger partial charge in [-0.3, -0.25) is 4.79 Å². The van der Waals surface area contributed by atoms with Crippen molar-refractivity contribution in [3.05, 3.63) is 63.4 Å². The number of carbonyl (C=O) groups is 1. The minimum atomic E-state index is -0.761. The van der Waals surface area contributed by atoms with E-state index in [2.05, 4.69) is 0 Å². The molecule has 2 aromatic carbocycles. The van der Waals surface area contributed by atoms with Crippen LogP contribution < -0.4 is 10.6 Å². The molecule has 6 heteroatoms. The Morgan fingerprint density at radius 2 is 1.90 bits per heavy atom. The maximum atomic E-state index is 13.4. The van der Waals surface area contributed by atoms with Gasteiger partial charge in [-0.05, 0) is 29.8 Å². The van der Waals surface area contributed by atoms with Crippen LogP contribution in [0.5, 0.6) is 0 Å². The van der Waals surface area contributed by atoms with Gasteiger partial charge in [0.25, 0.3) is 0 Å². The van der Waals surface area contributed by atoms with Crippen molar-refractivity contribution in [2.24, 2.45) is 5.73 Å². The van der Waals surface area contributed by atoms with Gasteiger partial charge in [-0.2, -0.15) is 0 Å². The van der Waals surface area contributed by atoms with Crippen molar-refractivity contribution in [1.82, 2.24) is 0 Å². The number of hydrogen-bond donors (Lipinski definition) is 1. The van der Waals surface area contributed by atoms with Crippen LogP contribution >= 0.6 is 23.2 Å². The van der Waals surface area contributed by atoms with Gasteiger partial charge in [-0.25, -0.2) is 4.39 Å². The Balaban J connectivity index is 1.97. The third-order valence-electron chi connectivity index (χ3n) is 3.48. The van der Waals surface area contributed by atoms with Crippen molar-refractivity contribution in [3.63, 3.8) is 0 Å². The van der Waals surface area contributed by atoms with Crippen LogP contribution in [0.1, 0.15) is 17.2 Å². The van der Waals surface area contributed by atoms with E-state index in [1.54, 1.807) is 24.3 Å². The number of rotatable bonds is 2. The van der Waals surface area contributed by atoms with Crippen LogP contribution in [0, 0.1) is 5.82 Å². The molecule has 0 spiro atoms.